The van der Waals surface area contributed by atoms with Crippen molar-refractivity contribution in [3.63, 3.8) is 0 Å². The van der Waals surface area contributed by atoms with Crippen molar-refractivity contribution in [2.24, 2.45) is 0 Å². The number of hydrogen-bond acceptors (Lipinski definition) is 5. The first-order chi connectivity index (χ1) is 14.5. The fourth-order valence-corrected chi connectivity index (χ4v) is 4.18. The summed E-state index contributed by atoms with van der Waals surface area (Å²) >= 11 is 0. The van der Waals surface area contributed by atoms with E-state index in [0.29, 0.717) is 24.3 Å². The lowest BCUT2D eigenvalue weighted by atomic mass is 9.79. The van der Waals surface area contributed by atoms with Gasteiger partial charge in [0.2, 0.25) is 6.79 Å². The number of benzene rings is 2. The van der Waals surface area contributed by atoms with Crippen LogP contribution in [-0.4, -0.2) is 25.3 Å². The van der Waals surface area contributed by atoms with E-state index in [1.54, 1.807) is 18.2 Å². The van der Waals surface area contributed by atoms with Gasteiger partial charge < -0.3 is 19.5 Å². The van der Waals surface area contributed by atoms with E-state index in [1.807, 2.05) is 19.1 Å². The summed E-state index contributed by atoms with van der Waals surface area (Å²) in [7, 11) is 0. The van der Waals surface area contributed by atoms with E-state index in [1.165, 1.54) is 12.1 Å². The molecule has 1 amide bonds. The lowest BCUT2D eigenvalue weighted by Crippen LogP contribution is -2.38. The second-order valence-corrected chi connectivity index (χ2v) is 7.77. The molecule has 0 unspecified atom stereocenters. The van der Waals surface area contributed by atoms with E-state index in [-0.39, 0.29) is 31.2 Å². The number of nitrogens with one attached hydrogen (secondary N) is 1. The highest BCUT2D eigenvalue weighted by molar-refractivity contribution is 5.86. The maximum Gasteiger partial charge on any atom is 0.317 e. The van der Waals surface area contributed by atoms with Gasteiger partial charge in [-0.1, -0.05) is 31.0 Å². The third-order valence-electron chi connectivity index (χ3n) is 5.85. The van der Waals surface area contributed by atoms with Crippen LogP contribution in [0.25, 0.3) is 0 Å². The zero-order chi connectivity index (χ0) is 21.1. The lowest BCUT2D eigenvalue weighted by Gasteiger charge is -2.27. The van der Waals surface area contributed by atoms with Crippen LogP contribution >= 0.6 is 0 Å². The summed E-state index contributed by atoms with van der Waals surface area (Å²) in [6, 6.07) is 11.1. The number of esters is 1. The molecule has 2 aromatic rings. The van der Waals surface area contributed by atoms with Crippen molar-refractivity contribution in [1.29, 1.82) is 0 Å². The smallest absolute Gasteiger partial charge is 0.317 e. The van der Waals surface area contributed by atoms with Crippen LogP contribution in [0.3, 0.4) is 0 Å². The van der Waals surface area contributed by atoms with Crippen LogP contribution in [0.5, 0.6) is 11.5 Å². The van der Waals surface area contributed by atoms with Gasteiger partial charge in [-0.2, -0.15) is 0 Å². The van der Waals surface area contributed by atoms with Gasteiger partial charge in [0.15, 0.2) is 18.1 Å². The van der Waals surface area contributed by atoms with Crippen molar-refractivity contribution in [2.45, 2.75) is 44.1 Å². The molecule has 2 aliphatic rings. The number of ether oxygens (including phenoxy) is 3. The van der Waals surface area contributed by atoms with Gasteiger partial charge in [0.05, 0.1) is 11.5 Å². The van der Waals surface area contributed by atoms with Gasteiger partial charge >= 0.3 is 5.97 Å². The summed E-state index contributed by atoms with van der Waals surface area (Å²) in [6.07, 6.45) is 3.04. The molecule has 0 saturated heterocycles. The monoisotopic (exact) mass is 413 g/mol. The maximum atomic E-state index is 13.3. The molecule has 4 rings (SSSR count). The Balaban J connectivity index is 1.36. The van der Waals surface area contributed by atoms with Gasteiger partial charge in [0, 0.05) is 0 Å². The van der Waals surface area contributed by atoms with Crippen molar-refractivity contribution < 1.29 is 28.2 Å². The van der Waals surface area contributed by atoms with Crippen LogP contribution in [-0.2, 0) is 19.7 Å². The van der Waals surface area contributed by atoms with Crippen molar-refractivity contribution in [2.75, 3.05) is 13.4 Å². The average molecular weight is 413 g/mol. The van der Waals surface area contributed by atoms with Gasteiger partial charge in [0.25, 0.3) is 5.91 Å². The first-order valence-corrected chi connectivity index (χ1v) is 10.1. The number of amides is 1. The van der Waals surface area contributed by atoms with Crippen molar-refractivity contribution in [3.8, 4) is 11.5 Å². The van der Waals surface area contributed by atoms with Crippen molar-refractivity contribution in [1.82, 2.24) is 5.32 Å². The first kappa shape index (κ1) is 20.2. The fourth-order valence-electron chi connectivity index (χ4n) is 4.18. The quantitative estimate of drug-likeness (QED) is 0.730. The molecule has 7 heteroatoms. The molecule has 2 aromatic carbocycles. The standard InChI is InChI=1S/C23H24FNO5/c1-15(16-4-9-19-20(12-16)30-14-29-19)25-21(26)13-28-22(27)23(10-2-3-11-23)17-5-7-18(24)8-6-17/h4-9,12,15H,2-3,10-11,13-14H2,1H3,(H,25,26)/t15-/m0/s1. The molecule has 1 heterocycles. The largest absolute Gasteiger partial charge is 0.455 e. The van der Waals surface area contributed by atoms with Gasteiger partial charge in [-0.3, -0.25) is 9.59 Å². The molecule has 0 spiro atoms. The highest BCUT2D eigenvalue weighted by Gasteiger charge is 2.44. The molecule has 1 atom stereocenters. The van der Waals surface area contributed by atoms with E-state index >= 15 is 0 Å². The number of halogens is 1. The topological polar surface area (TPSA) is 73.9 Å². The van der Waals surface area contributed by atoms with E-state index in [9.17, 15) is 14.0 Å². The molecule has 0 aromatic heterocycles. The van der Waals surface area contributed by atoms with Crippen molar-refractivity contribution in [3.05, 3.63) is 59.4 Å². The Morgan fingerprint density at radius 1 is 1.10 bits per heavy atom. The minimum Gasteiger partial charge on any atom is -0.455 e. The van der Waals surface area contributed by atoms with E-state index < -0.39 is 11.4 Å². The Bertz CT molecular complexity index is 937. The number of hydrogen-bond donors (Lipinski definition) is 1. The minimum atomic E-state index is -0.809. The van der Waals surface area contributed by atoms with Gasteiger partial charge in [0.1, 0.15) is 5.82 Å². The Hall–Kier alpha value is -3.09. The molecule has 0 radical (unpaired) electrons. The number of fused-ring (bicyclic) bond motifs is 1. The zero-order valence-corrected chi connectivity index (χ0v) is 16.8. The Labute approximate surface area is 174 Å². The van der Waals surface area contributed by atoms with Crippen LogP contribution < -0.4 is 14.8 Å². The molecular weight excluding hydrogens is 389 g/mol. The molecule has 1 aliphatic heterocycles. The summed E-state index contributed by atoms with van der Waals surface area (Å²) in [5, 5.41) is 2.83. The summed E-state index contributed by atoms with van der Waals surface area (Å²) in [6.45, 7) is 1.66. The second kappa shape index (κ2) is 8.34. The second-order valence-electron chi connectivity index (χ2n) is 7.77. The molecular formula is C23H24FNO5. The number of rotatable bonds is 6. The Morgan fingerprint density at radius 3 is 2.53 bits per heavy atom. The van der Waals surface area contributed by atoms with Crippen LogP contribution in [0.4, 0.5) is 4.39 Å². The van der Waals surface area contributed by atoms with Crippen LogP contribution in [0.1, 0.15) is 49.8 Å². The predicted octanol–water partition coefficient (Wildman–Crippen LogP) is 3.79. The van der Waals surface area contributed by atoms with Gasteiger partial charge in [-0.15, -0.1) is 0 Å². The molecule has 1 N–H and O–H groups in total. The summed E-state index contributed by atoms with van der Waals surface area (Å²) < 4.78 is 29.4. The average Bonchev–Trinajstić information content (AvgIpc) is 3.42. The first-order valence-electron chi connectivity index (χ1n) is 10.1. The molecule has 1 fully saturated rings. The molecule has 30 heavy (non-hydrogen) atoms. The maximum absolute atomic E-state index is 13.3. The number of carbonyl (C=O) groups is 2. The van der Waals surface area contributed by atoms with Crippen LogP contribution in [0.15, 0.2) is 42.5 Å². The third kappa shape index (κ3) is 3.97. The third-order valence-corrected chi connectivity index (χ3v) is 5.85. The van der Waals surface area contributed by atoms with E-state index in [2.05, 4.69) is 5.32 Å². The molecule has 1 saturated carbocycles. The highest BCUT2D eigenvalue weighted by Crippen LogP contribution is 2.42. The highest BCUT2D eigenvalue weighted by atomic mass is 19.1. The molecule has 1 aliphatic carbocycles. The minimum absolute atomic E-state index is 0.186. The lowest BCUT2D eigenvalue weighted by molar-refractivity contribution is -0.154. The van der Waals surface area contributed by atoms with Crippen LogP contribution in [0.2, 0.25) is 0 Å². The van der Waals surface area contributed by atoms with E-state index in [0.717, 1.165) is 24.0 Å². The Kier molecular flexibility index (Phi) is 5.61. The normalized spacial score (nSPS) is 17.4. The Morgan fingerprint density at radius 2 is 1.80 bits per heavy atom. The van der Waals surface area contributed by atoms with Crippen molar-refractivity contribution >= 4 is 11.9 Å². The molecule has 158 valence electrons. The summed E-state index contributed by atoms with van der Waals surface area (Å²) in [4.78, 5) is 25.3. The van der Waals surface area contributed by atoms with E-state index in [4.69, 9.17) is 14.2 Å². The number of carbonyl (C=O) groups excluding carboxylic acids is 2. The summed E-state index contributed by atoms with van der Waals surface area (Å²) in [5.41, 5.74) is 0.787. The van der Waals surface area contributed by atoms with Crippen LogP contribution in [0, 0.1) is 5.82 Å². The molecule has 0 bridgehead atoms. The predicted molar refractivity (Wildman–Crippen MR) is 107 cm³/mol. The van der Waals surface area contributed by atoms with Gasteiger partial charge in [-0.25, -0.2) is 4.39 Å². The van der Waals surface area contributed by atoms with Gasteiger partial charge in [-0.05, 0) is 55.2 Å². The summed E-state index contributed by atoms with van der Waals surface area (Å²) in [5.74, 6) is 0.145. The zero-order valence-electron chi connectivity index (χ0n) is 16.8. The fraction of sp³-hybridized carbons (Fsp3) is 0.391. The molecule has 6 nitrogen and oxygen atoms in total. The SMILES string of the molecule is C[C@H](NC(=O)COC(=O)C1(c2ccc(F)cc2)CCCC1)c1ccc2c(c1)OCO2.